The van der Waals surface area contributed by atoms with Crippen molar-refractivity contribution < 1.29 is 0 Å². The monoisotopic (exact) mass is 244 g/mol. The van der Waals surface area contributed by atoms with Crippen LogP contribution in [0.2, 0.25) is 0 Å². The second kappa shape index (κ2) is 7.13. The van der Waals surface area contributed by atoms with Crippen LogP contribution < -0.4 is 0 Å². The Hall–Kier alpha value is -1.27. The van der Waals surface area contributed by atoms with E-state index in [4.69, 9.17) is 0 Å². The highest BCUT2D eigenvalue weighted by molar-refractivity contribution is 7.37. The van der Waals surface area contributed by atoms with Gasteiger partial charge in [-0.25, -0.2) is 0 Å². The van der Waals surface area contributed by atoms with Crippen LogP contribution >= 0.6 is 8.58 Å². The molecule has 0 aliphatic rings. The van der Waals surface area contributed by atoms with Crippen LogP contribution in [-0.4, -0.2) is 22.3 Å². The SMILES string of the molecule is c1cc(CCPCCc2ccncc2)ccn1. The normalized spacial score (nSPS) is 10.4. The Balaban J connectivity index is 1.61. The van der Waals surface area contributed by atoms with Gasteiger partial charge in [-0.2, -0.15) is 0 Å². The van der Waals surface area contributed by atoms with Crippen molar-refractivity contribution in [3.63, 3.8) is 0 Å². The Morgan fingerprint density at radius 1 is 0.706 bits per heavy atom. The van der Waals surface area contributed by atoms with Crippen molar-refractivity contribution in [3.8, 4) is 0 Å². The summed E-state index contributed by atoms with van der Waals surface area (Å²) >= 11 is 0. The molecule has 17 heavy (non-hydrogen) atoms. The molecule has 0 saturated carbocycles. The van der Waals surface area contributed by atoms with Gasteiger partial charge in [0, 0.05) is 24.8 Å². The highest BCUT2D eigenvalue weighted by Gasteiger charge is 1.94. The third-order valence-corrected chi connectivity index (χ3v) is 3.89. The first kappa shape index (κ1) is 12.2. The van der Waals surface area contributed by atoms with Gasteiger partial charge in [0.15, 0.2) is 0 Å². The van der Waals surface area contributed by atoms with Gasteiger partial charge in [-0.05, 0) is 60.6 Å². The molecule has 2 rings (SSSR count). The summed E-state index contributed by atoms with van der Waals surface area (Å²) in [6, 6.07) is 8.42. The first-order valence-corrected chi connectivity index (χ1v) is 7.35. The lowest BCUT2D eigenvalue weighted by Crippen LogP contribution is -1.91. The van der Waals surface area contributed by atoms with Gasteiger partial charge in [0.05, 0.1) is 0 Å². The van der Waals surface area contributed by atoms with Crippen molar-refractivity contribution >= 4 is 8.58 Å². The summed E-state index contributed by atoms with van der Waals surface area (Å²) < 4.78 is 0. The first-order chi connectivity index (χ1) is 8.45. The van der Waals surface area contributed by atoms with Crippen molar-refractivity contribution in [1.82, 2.24) is 9.97 Å². The molecular weight excluding hydrogens is 227 g/mol. The van der Waals surface area contributed by atoms with Crippen molar-refractivity contribution in [3.05, 3.63) is 60.2 Å². The van der Waals surface area contributed by atoms with Crippen LogP contribution in [0.15, 0.2) is 49.1 Å². The van der Waals surface area contributed by atoms with Crippen LogP contribution in [0.5, 0.6) is 0 Å². The van der Waals surface area contributed by atoms with Gasteiger partial charge >= 0.3 is 0 Å². The summed E-state index contributed by atoms with van der Waals surface area (Å²) in [7, 11) is 1.04. The fraction of sp³-hybridized carbons (Fsp3) is 0.286. The van der Waals surface area contributed by atoms with Gasteiger partial charge in [0.1, 0.15) is 0 Å². The molecular formula is C14H17N2P. The van der Waals surface area contributed by atoms with Crippen LogP contribution in [0, 0.1) is 0 Å². The highest BCUT2D eigenvalue weighted by Crippen LogP contribution is 2.15. The van der Waals surface area contributed by atoms with Crippen LogP contribution in [0.3, 0.4) is 0 Å². The Bertz CT molecular complexity index is 375. The maximum Gasteiger partial charge on any atom is 0.0270 e. The van der Waals surface area contributed by atoms with Crippen molar-refractivity contribution in [2.24, 2.45) is 0 Å². The van der Waals surface area contributed by atoms with E-state index in [0.717, 1.165) is 8.58 Å². The summed E-state index contributed by atoms with van der Waals surface area (Å²) in [5, 5.41) is 0. The molecule has 0 radical (unpaired) electrons. The fourth-order valence-electron chi connectivity index (χ4n) is 1.69. The van der Waals surface area contributed by atoms with Gasteiger partial charge in [0.2, 0.25) is 0 Å². The minimum Gasteiger partial charge on any atom is -0.265 e. The summed E-state index contributed by atoms with van der Waals surface area (Å²) in [5.41, 5.74) is 2.80. The average Bonchev–Trinajstić information content (AvgIpc) is 2.41. The van der Waals surface area contributed by atoms with Crippen LogP contribution in [0.1, 0.15) is 11.1 Å². The highest BCUT2D eigenvalue weighted by atomic mass is 31.1. The summed E-state index contributed by atoms with van der Waals surface area (Å²) in [4.78, 5) is 8.05. The van der Waals surface area contributed by atoms with E-state index in [0.29, 0.717) is 0 Å². The molecule has 0 aromatic carbocycles. The van der Waals surface area contributed by atoms with Crippen LogP contribution in [-0.2, 0) is 12.8 Å². The lowest BCUT2D eigenvalue weighted by Gasteiger charge is -2.02. The second-order valence-electron chi connectivity index (χ2n) is 3.96. The molecule has 0 fully saturated rings. The van der Waals surface area contributed by atoms with Gasteiger partial charge in [-0.15, -0.1) is 8.58 Å². The molecule has 0 amide bonds. The predicted molar refractivity (Wildman–Crippen MR) is 73.9 cm³/mol. The largest absolute Gasteiger partial charge is 0.265 e. The summed E-state index contributed by atoms with van der Waals surface area (Å²) in [5.74, 6) is 0. The summed E-state index contributed by atoms with van der Waals surface area (Å²) in [6.45, 7) is 0. The molecule has 3 heteroatoms. The standard InChI is InChI=1S/C14H17N2P/c1-7-15-8-2-13(1)5-11-17-12-6-14-3-9-16-10-4-14/h1-4,7-10,17H,5-6,11-12H2. The molecule has 2 aromatic rings. The Morgan fingerprint density at radius 2 is 1.12 bits per heavy atom. The van der Waals surface area contributed by atoms with Gasteiger partial charge in [-0.1, -0.05) is 0 Å². The van der Waals surface area contributed by atoms with Gasteiger partial charge in [0.25, 0.3) is 0 Å². The molecule has 0 aliphatic carbocycles. The Kier molecular flexibility index (Phi) is 5.12. The zero-order valence-corrected chi connectivity index (χ0v) is 10.8. The average molecular weight is 244 g/mol. The zero-order valence-electron chi connectivity index (χ0n) is 9.84. The Labute approximate surface area is 104 Å². The molecule has 0 atom stereocenters. The minimum atomic E-state index is 1.04. The maximum absolute atomic E-state index is 4.03. The number of rotatable bonds is 6. The lowest BCUT2D eigenvalue weighted by molar-refractivity contribution is 1.10. The number of aromatic nitrogens is 2. The molecule has 0 N–H and O–H groups in total. The van der Waals surface area contributed by atoms with E-state index in [1.54, 1.807) is 0 Å². The second-order valence-corrected chi connectivity index (χ2v) is 5.46. The maximum atomic E-state index is 4.03. The van der Waals surface area contributed by atoms with E-state index in [2.05, 4.69) is 34.2 Å². The molecule has 0 saturated heterocycles. The molecule has 0 bridgehead atoms. The minimum absolute atomic E-state index is 1.04. The molecule has 0 spiro atoms. The molecule has 2 aromatic heterocycles. The van der Waals surface area contributed by atoms with E-state index >= 15 is 0 Å². The predicted octanol–water partition coefficient (Wildman–Crippen LogP) is 2.94. The van der Waals surface area contributed by atoms with E-state index in [-0.39, 0.29) is 0 Å². The van der Waals surface area contributed by atoms with Gasteiger partial charge in [-0.3, -0.25) is 9.97 Å². The van der Waals surface area contributed by atoms with E-state index in [9.17, 15) is 0 Å². The summed E-state index contributed by atoms with van der Waals surface area (Å²) in [6.07, 6.45) is 12.4. The van der Waals surface area contributed by atoms with E-state index in [1.807, 2.05) is 24.8 Å². The molecule has 0 aliphatic heterocycles. The quantitative estimate of drug-likeness (QED) is 0.576. The first-order valence-electron chi connectivity index (χ1n) is 5.94. The lowest BCUT2D eigenvalue weighted by atomic mass is 10.2. The van der Waals surface area contributed by atoms with E-state index < -0.39 is 0 Å². The number of aryl methyl sites for hydroxylation is 2. The zero-order chi connectivity index (χ0) is 11.8. The van der Waals surface area contributed by atoms with Gasteiger partial charge < -0.3 is 0 Å². The topological polar surface area (TPSA) is 25.8 Å². The fourth-order valence-corrected chi connectivity index (χ4v) is 2.87. The number of pyridine rings is 2. The smallest absolute Gasteiger partial charge is 0.0270 e. The molecule has 0 unspecified atom stereocenters. The van der Waals surface area contributed by atoms with E-state index in [1.165, 1.54) is 36.3 Å². The number of nitrogens with zero attached hydrogens (tertiary/aromatic N) is 2. The van der Waals surface area contributed by atoms with Crippen LogP contribution in [0.25, 0.3) is 0 Å². The van der Waals surface area contributed by atoms with Crippen molar-refractivity contribution in [2.45, 2.75) is 12.8 Å². The van der Waals surface area contributed by atoms with Crippen molar-refractivity contribution in [1.29, 1.82) is 0 Å². The Morgan fingerprint density at radius 3 is 1.53 bits per heavy atom. The molecule has 2 heterocycles. The molecule has 88 valence electrons. The van der Waals surface area contributed by atoms with Crippen LogP contribution in [0.4, 0.5) is 0 Å². The number of hydrogen-bond donors (Lipinski definition) is 0. The third-order valence-electron chi connectivity index (χ3n) is 2.68. The number of hydrogen-bond acceptors (Lipinski definition) is 2. The third kappa shape index (κ3) is 4.62. The molecule has 2 nitrogen and oxygen atoms in total. The van der Waals surface area contributed by atoms with Crippen molar-refractivity contribution in [2.75, 3.05) is 12.3 Å².